The Labute approximate surface area is 98.7 Å². The Bertz CT molecular complexity index is 740. The summed E-state index contributed by atoms with van der Waals surface area (Å²) in [5, 5.41) is 2.25. The van der Waals surface area contributed by atoms with Crippen LogP contribution in [0.2, 0.25) is 0 Å². The molecule has 0 fully saturated rings. The smallest absolute Gasteiger partial charge is 0.178 e. The molecule has 3 aromatic rings. The maximum atomic E-state index is 11.4. The molecule has 0 aliphatic heterocycles. The molecule has 0 bridgehead atoms. The van der Waals surface area contributed by atoms with Gasteiger partial charge in [0.2, 0.25) is 0 Å². The standard InChI is InChI=1S/C14H12N2O/c1-9(17)12-7-11-10-5-3-4-6-13(10)16(2)14(11)8-15-12/h3-8H,1-2H3. The summed E-state index contributed by atoms with van der Waals surface area (Å²) in [6.45, 7) is 1.54. The fraction of sp³-hybridized carbons (Fsp3) is 0.143. The van der Waals surface area contributed by atoms with Gasteiger partial charge in [0.15, 0.2) is 5.78 Å². The molecule has 0 atom stereocenters. The predicted octanol–water partition coefficient (Wildman–Crippen LogP) is 2.93. The van der Waals surface area contributed by atoms with E-state index in [9.17, 15) is 4.79 Å². The molecule has 0 aliphatic carbocycles. The van der Waals surface area contributed by atoms with Crippen LogP contribution >= 0.6 is 0 Å². The van der Waals surface area contributed by atoms with Crippen LogP contribution in [0.4, 0.5) is 0 Å². The highest BCUT2D eigenvalue weighted by Gasteiger charge is 2.10. The third-order valence-electron chi connectivity index (χ3n) is 3.16. The predicted molar refractivity (Wildman–Crippen MR) is 68.2 cm³/mol. The van der Waals surface area contributed by atoms with Crippen molar-refractivity contribution in [2.45, 2.75) is 6.92 Å². The van der Waals surface area contributed by atoms with Crippen molar-refractivity contribution in [2.75, 3.05) is 0 Å². The number of nitrogens with zero attached hydrogens (tertiary/aromatic N) is 2. The monoisotopic (exact) mass is 224 g/mol. The largest absolute Gasteiger partial charge is 0.342 e. The van der Waals surface area contributed by atoms with Crippen molar-refractivity contribution in [1.29, 1.82) is 0 Å². The summed E-state index contributed by atoms with van der Waals surface area (Å²) >= 11 is 0. The lowest BCUT2D eigenvalue weighted by Crippen LogP contribution is -1.96. The molecule has 0 saturated heterocycles. The molecule has 0 radical (unpaired) electrons. The first kappa shape index (κ1) is 10.0. The molecular weight excluding hydrogens is 212 g/mol. The molecule has 84 valence electrons. The lowest BCUT2D eigenvalue weighted by molar-refractivity contribution is 0.101. The fourth-order valence-electron chi connectivity index (χ4n) is 2.25. The third-order valence-corrected chi connectivity index (χ3v) is 3.16. The van der Waals surface area contributed by atoms with E-state index in [2.05, 4.69) is 21.7 Å². The van der Waals surface area contributed by atoms with Crippen molar-refractivity contribution < 1.29 is 4.79 Å². The van der Waals surface area contributed by atoms with Crippen LogP contribution in [0.5, 0.6) is 0 Å². The van der Waals surface area contributed by atoms with Gasteiger partial charge in [0.1, 0.15) is 5.69 Å². The first-order valence-corrected chi connectivity index (χ1v) is 5.52. The molecule has 2 heterocycles. The van der Waals surface area contributed by atoms with Crippen LogP contribution in [0.25, 0.3) is 21.8 Å². The molecule has 0 saturated carbocycles. The third kappa shape index (κ3) is 1.35. The minimum Gasteiger partial charge on any atom is -0.342 e. The zero-order valence-electron chi connectivity index (χ0n) is 9.77. The maximum absolute atomic E-state index is 11.4. The Kier molecular flexibility index (Phi) is 2.01. The summed E-state index contributed by atoms with van der Waals surface area (Å²) in [4.78, 5) is 15.6. The van der Waals surface area contributed by atoms with E-state index in [4.69, 9.17) is 0 Å². The van der Waals surface area contributed by atoms with Gasteiger partial charge in [-0.2, -0.15) is 0 Å². The van der Waals surface area contributed by atoms with E-state index in [1.807, 2.05) is 25.2 Å². The zero-order valence-corrected chi connectivity index (χ0v) is 9.77. The average molecular weight is 224 g/mol. The zero-order chi connectivity index (χ0) is 12.0. The molecule has 0 N–H and O–H groups in total. The number of aryl methyl sites for hydroxylation is 1. The Hall–Kier alpha value is -2.16. The molecule has 3 nitrogen and oxygen atoms in total. The number of fused-ring (bicyclic) bond motifs is 3. The highest BCUT2D eigenvalue weighted by Crippen LogP contribution is 2.27. The van der Waals surface area contributed by atoms with Gasteiger partial charge in [-0.25, -0.2) is 0 Å². The van der Waals surface area contributed by atoms with Crippen molar-refractivity contribution in [3.63, 3.8) is 0 Å². The molecule has 0 unspecified atom stereocenters. The fourth-order valence-corrected chi connectivity index (χ4v) is 2.25. The molecule has 17 heavy (non-hydrogen) atoms. The Balaban J connectivity index is 2.50. The first-order valence-electron chi connectivity index (χ1n) is 5.52. The number of benzene rings is 1. The van der Waals surface area contributed by atoms with Crippen LogP contribution in [0.3, 0.4) is 0 Å². The minimum absolute atomic E-state index is 0.000154. The number of carbonyl (C=O) groups excluding carboxylic acids is 1. The number of hydrogen-bond acceptors (Lipinski definition) is 2. The Morgan fingerprint density at radius 2 is 1.94 bits per heavy atom. The lowest BCUT2D eigenvalue weighted by Gasteiger charge is -1.97. The van der Waals surface area contributed by atoms with Crippen LogP contribution in [0.15, 0.2) is 36.5 Å². The van der Waals surface area contributed by atoms with Gasteiger partial charge in [-0.05, 0) is 12.1 Å². The molecule has 3 heteroatoms. The first-order chi connectivity index (χ1) is 8.18. The van der Waals surface area contributed by atoms with Gasteiger partial charge >= 0.3 is 0 Å². The van der Waals surface area contributed by atoms with Crippen molar-refractivity contribution in [1.82, 2.24) is 9.55 Å². The second-order valence-corrected chi connectivity index (χ2v) is 4.22. The quantitative estimate of drug-likeness (QED) is 0.596. The number of para-hydroxylation sites is 1. The number of hydrogen-bond donors (Lipinski definition) is 0. The maximum Gasteiger partial charge on any atom is 0.178 e. The topological polar surface area (TPSA) is 34.9 Å². The molecule has 3 rings (SSSR count). The summed E-state index contributed by atoms with van der Waals surface area (Å²) in [6.07, 6.45) is 1.77. The number of aromatic nitrogens is 2. The van der Waals surface area contributed by atoms with Crippen molar-refractivity contribution in [3.8, 4) is 0 Å². The highest BCUT2D eigenvalue weighted by molar-refractivity contribution is 6.09. The van der Waals surface area contributed by atoms with E-state index in [0.717, 1.165) is 21.8 Å². The van der Waals surface area contributed by atoms with Crippen molar-refractivity contribution in [3.05, 3.63) is 42.2 Å². The Morgan fingerprint density at radius 1 is 1.18 bits per heavy atom. The number of ketones is 1. The van der Waals surface area contributed by atoms with Crippen molar-refractivity contribution in [2.24, 2.45) is 7.05 Å². The van der Waals surface area contributed by atoms with Crippen molar-refractivity contribution >= 4 is 27.6 Å². The van der Waals surface area contributed by atoms with E-state index < -0.39 is 0 Å². The van der Waals surface area contributed by atoms with Gasteiger partial charge in [-0.15, -0.1) is 0 Å². The van der Waals surface area contributed by atoms with E-state index in [-0.39, 0.29) is 5.78 Å². The summed E-state index contributed by atoms with van der Waals surface area (Å²) in [7, 11) is 2.01. The number of rotatable bonds is 1. The SMILES string of the molecule is CC(=O)c1cc2c3ccccc3n(C)c2cn1. The normalized spacial score (nSPS) is 11.2. The lowest BCUT2D eigenvalue weighted by atomic mass is 10.1. The summed E-state index contributed by atoms with van der Waals surface area (Å²) in [5.74, 6) is -0.000154. The van der Waals surface area contributed by atoms with Gasteiger partial charge in [-0.3, -0.25) is 9.78 Å². The van der Waals surface area contributed by atoms with Crippen LogP contribution in [0, 0.1) is 0 Å². The molecule has 2 aromatic heterocycles. The molecular formula is C14H12N2O. The molecule has 0 spiro atoms. The summed E-state index contributed by atoms with van der Waals surface area (Å²) < 4.78 is 2.10. The number of carbonyl (C=O) groups is 1. The number of Topliss-reactive ketones (excluding diaryl/α,β-unsaturated/α-hetero) is 1. The second kappa shape index (κ2) is 3.42. The van der Waals surface area contributed by atoms with E-state index in [1.54, 1.807) is 13.1 Å². The van der Waals surface area contributed by atoms with Gasteiger partial charge < -0.3 is 4.57 Å². The highest BCUT2D eigenvalue weighted by atomic mass is 16.1. The van der Waals surface area contributed by atoms with Gasteiger partial charge in [0.05, 0.1) is 11.7 Å². The summed E-state index contributed by atoms with van der Waals surface area (Å²) in [5.41, 5.74) is 2.73. The van der Waals surface area contributed by atoms with Crippen LogP contribution in [-0.4, -0.2) is 15.3 Å². The van der Waals surface area contributed by atoms with Crippen LogP contribution < -0.4 is 0 Å². The molecule has 0 aliphatic rings. The van der Waals surface area contributed by atoms with Crippen LogP contribution in [0.1, 0.15) is 17.4 Å². The van der Waals surface area contributed by atoms with Gasteiger partial charge in [-0.1, -0.05) is 18.2 Å². The molecule has 0 amide bonds. The Morgan fingerprint density at radius 3 is 2.71 bits per heavy atom. The summed E-state index contributed by atoms with van der Waals surface area (Å²) in [6, 6.07) is 10.0. The number of pyridine rings is 1. The minimum atomic E-state index is -0.000154. The molecule has 1 aromatic carbocycles. The van der Waals surface area contributed by atoms with E-state index in [0.29, 0.717) is 5.69 Å². The van der Waals surface area contributed by atoms with Gasteiger partial charge in [0, 0.05) is 30.3 Å². The second-order valence-electron chi connectivity index (χ2n) is 4.22. The van der Waals surface area contributed by atoms with Crippen LogP contribution in [-0.2, 0) is 7.05 Å². The van der Waals surface area contributed by atoms with Gasteiger partial charge in [0.25, 0.3) is 0 Å². The average Bonchev–Trinajstić information content (AvgIpc) is 2.64. The van der Waals surface area contributed by atoms with E-state index >= 15 is 0 Å². The van der Waals surface area contributed by atoms with E-state index in [1.165, 1.54) is 0 Å².